The predicted octanol–water partition coefficient (Wildman–Crippen LogP) is -0.0163. The second-order valence-electron chi connectivity index (χ2n) is 7.16. The average Bonchev–Trinajstić information content (AvgIpc) is 2.70. The summed E-state index contributed by atoms with van der Waals surface area (Å²) in [6.45, 7) is 18.0. The third kappa shape index (κ3) is 4.46. The molecule has 0 spiro atoms. The van der Waals surface area contributed by atoms with Gasteiger partial charge in [0.15, 0.2) is 0 Å². The maximum atomic E-state index is 3.70. The molecule has 23 heavy (non-hydrogen) atoms. The van der Waals surface area contributed by atoms with Crippen LogP contribution >= 0.6 is 0 Å². The smallest absolute Gasteiger partial charge is 1.00 e. The summed E-state index contributed by atoms with van der Waals surface area (Å²) in [5.74, 6) is 0. The average molecular weight is 387 g/mol. The van der Waals surface area contributed by atoms with Gasteiger partial charge in [-0.2, -0.15) is 22.3 Å². The molecule has 0 amide bonds. The van der Waals surface area contributed by atoms with Crippen LogP contribution in [0.25, 0.3) is 0 Å². The van der Waals surface area contributed by atoms with E-state index in [0.29, 0.717) is 0 Å². The molecule has 3 heteroatoms. The molecule has 0 fully saturated rings. The van der Waals surface area contributed by atoms with Crippen LogP contribution in [-0.4, -0.2) is 0 Å². The number of rotatable bonds is 3. The van der Waals surface area contributed by atoms with Gasteiger partial charge in [0.05, 0.1) is 0 Å². The Morgan fingerprint density at radius 1 is 0.652 bits per heavy atom. The number of allylic oxidation sites excluding steroid dienone is 8. The first-order chi connectivity index (χ1) is 9.11. The molecule has 2 unspecified atom stereocenters. The zero-order valence-electron chi connectivity index (χ0n) is 15.7. The summed E-state index contributed by atoms with van der Waals surface area (Å²) in [7, 11) is 0. The normalized spacial score (nSPS) is 29.6. The van der Waals surface area contributed by atoms with E-state index in [1.54, 1.807) is 0 Å². The van der Waals surface area contributed by atoms with Crippen molar-refractivity contribution in [1.29, 1.82) is 0 Å². The quantitative estimate of drug-likeness (QED) is 0.472. The third-order valence-electron chi connectivity index (χ3n) is 5.96. The summed E-state index contributed by atoms with van der Waals surface area (Å²) in [5, 5.41) is 0. The van der Waals surface area contributed by atoms with Gasteiger partial charge in [-0.3, -0.25) is 12.2 Å². The fraction of sp³-hybridized carbons (Fsp3) is 0.600. The summed E-state index contributed by atoms with van der Waals surface area (Å²) in [6.07, 6.45) is 9.70. The van der Waals surface area contributed by atoms with Gasteiger partial charge in [0.1, 0.15) is 0 Å². The zero-order chi connectivity index (χ0) is 15.3. The largest absolute Gasteiger partial charge is 4.00 e. The second-order valence-corrected chi connectivity index (χ2v) is 7.16. The van der Waals surface area contributed by atoms with Gasteiger partial charge in [-0.15, -0.1) is 13.8 Å². The first kappa shape index (κ1) is 25.5. The first-order valence-corrected chi connectivity index (χ1v) is 7.71. The Hall–Kier alpha value is 0.254. The SMILES string of the molecule is CC1=[C-]C(C)(CCC2(C)[C-]=C(C)C(C)=C2C)C(C)=C1C.[Cl-].[Cl-].[Ti+4]. The van der Waals surface area contributed by atoms with Crippen molar-refractivity contribution < 1.29 is 46.5 Å². The van der Waals surface area contributed by atoms with Crippen LogP contribution in [0.15, 0.2) is 33.4 Å². The van der Waals surface area contributed by atoms with Crippen molar-refractivity contribution in [3.8, 4) is 0 Å². The monoisotopic (exact) mass is 386 g/mol. The summed E-state index contributed by atoms with van der Waals surface area (Å²) in [4.78, 5) is 0. The van der Waals surface area contributed by atoms with Crippen molar-refractivity contribution >= 4 is 0 Å². The predicted molar refractivity (Wildman–Crippen MR) is 87.1 cm³/mol. The molecule has 0 aromatic carbocycles. The molecule has 0 aromatic heterocycles. The molecule has 0 nitrogen and oxygen atoms in total. The molecule has 0 aliphatic heterocycles. The summed E-state index contributed by atoms with van der Waals surface area (Å²) in [6, 6.07) is 0. The molecular formula is C20H28Cl2Ti. The van der Waals surface area contributed by atoms with Crippen molar-refractivity contribution in [2.45, 2.75) is 68.2 Å². The van der Waals surface area contributed by atoms with Crippen molar-refractivity contribution in [2.75, 3.05) is 0 Å². The van der Waals surface area contributed by atoms with Crippen LogP contribution in [0.4, 0.5) is 0 Å². The Labute approximate surface area is 170 Å². The fourth-order valence-electron chi connectivity index (χ4n) is 3.59. The minimum Gasteiger partial charge on any atom is -1.00 e. The van der Waals surface area contributed by atoms with Gasteiger partial charge in [-0.1, -0.05) is 65.2 Å². The molecule has 0 heterocycles. The molecule has 0 saturated heterocycles. The van der Waals surface area contributed by atoms with Crippen LogP contribution in [0.1, 0.15) is 68.2 Å². The van der Waals surface area contributed by atoms with Gasteiger partial charge in [-0.25, -0.2) is 11.1 Å². The van der Waals surface area contributed by atoms with Gasteiger partial charge >= 0.3 is 21.7 Å². The van der Waals surface area contributed by atoms with E-state index in [1.165, 1.54) is 33.4 Å². The Kier molecular flexibility index (Phi) is 9.50. The van der Waals surface area contributed by atoms with Crippen LogP contribution in [0.5, 0.6) is 0 Å². The molecular weight excluding hydrogens is 359 g/mol. The third-order valence-corrected chi connectivity index (χ3v) is 5.96. The van der Waals surface area contributed by atoms with Gasteiger partial charge in [0.25, 0.3) is 0 Å². The topological polar surface area (TPSA) is 0 Å². The van der Waals surface area contributed by atoms with E-state index in [2.05, 4.69) is 67.5 Å². The van der Waals surface area contributed by atoms with E-state index in [-0.39, 0.29) is 57.4 Å². The maximum absolute atomic E-state index is 3.70. The van der Waals surface area contributed by atoms with E-state index < -0.39 is 0 Å². The minimum absolute atomic E-state index is 0. The van der Waals surface area contributed by atoms with Crippen LogP contribution in [0.2, 0.25) is 0 Å². The Morgan fingerprint density at radius 3 is 1.09 bits per heavy atom. The number of hydrogen-bond acceptors (Lipinski definition) is 0. The van der Waals surface area contributed by atoms with E-state index in [4.69, 9.17) is 0 Å². The molecule has 0 radical (unpaired) electrons. The summed E-state index contributed by atoms with van der Waals surface area (Å²) in [5.41, 5.74) is 8.76. The van der Waals surface area contributed by atoms with Crippen molar-refractivity contribution in [3.05, 3.63) is 45.6 Å². The second kappa shape index (κ2) is 8.57. The van der Waals surface area contributed by atoms with Crippen LogP contribution in [0, 0.1) is 23.0 Å². The standard InChI is InChI=1S/C20H28.2ClH.Ti/c1-13-11-19(7,17(5)15(13)3)9-10-20(8)12-14(2)16(4)18(20)6;;;/h9-10H2,1-8H3;2*1H;/q-2;;;+4/p-2. The van der Waals surface area contributed by atoms with Gasteiger partial charge in [-0.05, 0) is 0 Å². The van der Waals surface area contributed by atoms with Crippen molar-refractivity contribution in [2.24, 2.45) is 10.8 Å². The molecule has 0 bridgehead atoms. The Balaban J connectivity index is 0. The van der Waals surface area contributed by atoms with E-state index in [9.17, 15) is 0 Å². The Bertz CT molecular complexity index is 528. The van der Waals surface area contributed by atoms with Gasteiger partial charge in [0.2, 0.25) is 0 Å². The Morgan fingerprint density at radius 2 is 0.913 bits per heavy atom. The zero-order valence-corrected chi connectivity index (χ0v) is 18.7. The summed E-state index contributed by atoms with van der Waals surface area (Å²) >= 11 is 0. The molecule has 126 valence electrons. The molecule has 2 aliphatic carbocycles. The fourth-order valence-corrected chi connectivity index (χ4v) is 3.59. The van der Waals surface area contributed by atoms with Crippen LogP contribution in [0.3, 0.4) is 0 Å². The first-order valence-electron chi connectivity index (χ1n) is 7.71. The molecule has 2 aliphatic rings. The van der Waals surface area contributed by atoms with Crippen molar-refractivity contribution in [1.82, 2.24) is 0 Å². The molecule has 0 N–H and O–H groups in total. The van der Waals surface area contributed by atoms with Gasteiger partial charge in [0, 0.05) is 0 Å². The van der Waals surface area contributed by atoms with Crippen molar-refractivity contribution in [3.63, 3.8) is 0 Å². The maximum Gasteiger partial charge on any atom is 4.00 e. The summed E-state index contributed by atoms with van der Waals surface area (Å²) < 4.78 is 0. The van der Waals surface area contributed by atoms with Crippen LogP contribution < -0.4 is 24.8 Å². The molecule has 0 saturated carbocycles. The van der Waals surface area contributed by atoms with E-state index in [0.717, 1.165) is 12.8 Å². The molecule has 2 rings (SSSR count). The van der Waals surface area contributed by atoms with Crippen LogP contribution in [-0.2, 0) is 21.7 Å². The number of hydrogen-bond donors (Lipinski definition) is 0. The van der Waals surface area contributed by atoms with E-state index >= 15 is 0 Å². The minimum atomic E-state index is 0. The molecule has 2 atom stereocenters. The molecule has 0 aromatic rings. The number of halogens is 2. The van der Waals surface area contributed by atoms with Gasteiger partial charge < -0.3 is 24.8 Å². The van der Waals surface area contributed by atoms with E-state index in [1.807, 2.05) is 0 Å².